The number of hydrogen-bond donors (Lipinski definition) is 2. The largest absolute Gasteiger partial charge is 0.466 e. The molecule has 1 aliphatic rings. The third-order valence-corrected chi connectivity index (χ3v) is 7.99. The number of thiazole rings is 1. The van der Waals surface area contributed by atoms with E-state index in [0.717, 1.165) is 22.3 Å². The molecule has 1 amide bonds. The van der Waals surface area contributed by atoms with Gasteiger partial charge in [0.15, 0.2) is 0 Å². The molecule has 0 spiro atoms. The number of carbonyl (C=O) groups is 2. The quantitative estimate of drug-likeness (QED) is 0.359. The number of amides is 1. The monoisotopic (exact) mass is 551 g/mol. The van der Waals surface area contributed by atoms with Crippen molar-refractivity contribution in [3.05, 3.63) is 132 Å². The van der Waals surface area contributed by atoms with E-state index in [4.69, 9.17) is 10.5 Å². The highest BCUT2D eigenvalue weighted by Gasteiger charge is 2.39. The van der Waals surface area contributed by atoms with Crippen molar-refractivity contribution in [2.24, 2.45) is 5.73 Å². The standard InChI is InChI=1S/C32H29N3O4S/c1-19-9-13-21(14-10-19)17-24-30(37)35-28(33)26(32(38)39-3)25(23-15-11-20(2)12-16-23)27(31(35)40-24)29(36)34-18-22-7-5-4-6-8-22/h4-17,25H,18,33H2,1-3H3,(H,34,36)/b24-17+. The zero-order valence-corrected chi connectivity index (χ0v) is 23.2. The fourth-order valence-electron chi connectivity index (χ4n) is 4.76. The maximum Gasteiger partial charge on any atom is 0.338 e. The lowest BCUT2D eigenvalue weighted by Gasteiger charge is -2.27. The molecule has 0 fully saturated rings. The molecule has 40 heavy (non-hydrogen) atoms. The van der Waals surface area contributed by atoms with E-state index in [9.17, 15) is 14.4 Å². The average molecular weight is 552 g/mol. The zero-order valence-electron chi connectivity index (χ0n) is 22.4. The van der Waals surface area contributed by atoms with Crippen LogP contribution >= 0.6 is 11.3 Å². The van der Waals surface area contributed by atoms with Gasteiger partial charge in [0.2, 0.25) is 0 Å². The molecule has 3 aromatic carbocycles. The number of rotatable bonds is 6. The number of hydrogen-bond acceptors (Lipinski definition) is 6. The van der Waals surface area contributed by atoms with Crippen LogP contribution in [-0.2, 0) is 20.9 Å². The molecule has 202 valence electrons. The molecule has 0 saturated carbocycles. The number of nitrogens with zero attached hydrogens (tertiary/aromatic N) is 1. The lowest BCUT2D eigenvalue weighted by molar-refractivity contribution is -0.136. The van der Waals surface area contributed by atoms with Crippen LogP contribution in [0.25, 0.3) is 17.5 Å². The smallest absolute Gasteiger partial charge is 0.338 e. The number of ether oxygens (including phenoxy) is 1. The summed E-state index contributed by atoms with van der Waals surface area (Å²) in [4.78, 5) is 40.9. The van der Waals surface area contributed by atoms with Gasteiger partial charge in [0.25, 0.3) is 11.5 Å². The Bertz CT molecular complexity index is 1800. The highest BCUT2D eigenvalue weighted by atomic mass is 32.1. The van der Waals surface area contributed by atoms with Crippen molar-refractivity contribution >= 4 is 40.7 Å². The summed E-state index contributed by atoms with van der Waals surface area (Å²) < 4.78 is 7.15. The molecule has 7 nitrogen and oxygen atoms in total. The van der Waals surface area contributed by atoms with Crippen LogP contribution in [-0.4, -0.2) is 23.6 Å². The number of carbonyl (C=O) groups excluding carboxylic acids is 2. The van der Waals surface area contributed by atoms with Crippen LogP contribution in [0.3, 0.4) is 0 Å². The van der Waals surface area contributed by atoms with Crippen molar-refractivity contribution < 1.29 is 14.3 Å². The Hall–Kier alpha value is -4.69. The Morgan fingerprint density at radius 2 is 1.57 bits per heavy atom. The van der Waals surface area contributed by atoms with Crippen molar-refractivity contribution in [3.63, 3.8) is 0 Å². The first-order chi connectivity index (χ1) is 19.3. The highest BCUT2D eigenvalue weighted by molar-refractivity contribution is 7.07. The van der Waals surface area contributed by atoms with Crippen LogP contribution < -0.4 is 25.8 Å². The highest BCUT2D eigenvalue weighted by Crippen LogP contribution is 2.37. The topological polar surface area (TPSA) is 103 Å². The van der Waals surface area contributed by atoms with Crippen LogP contribution in [0.2, 0.25) is 0 Å². The summed E-state index contributed by atoms with van der Waals surface area (Å²) in [5.74, 6) is -1.99. The number of nitrogens with one attached hydrogen (secondary N) is 1. The third kappa shape index (κ3) is 5.13. The number of methoxy groups -OCH3 is 1. The Morgan fingerprint density at radius 1 is 0.950 bits per heavy atom. The zero-order chi connectivity index (χ0) is 28.4. The molecule has 0 bridgehead atoms. The van der Waals surface area contributed by atoms with Gasteiger partial charge < -0.3 is 15.8 Å². The Morgan fingerprint density at radius 3 is 2.20 bits per heavy atom. The first kappa shape index (κ1) is 26.9. The minimum Gasteiger partial charge on any atom is -0.466 e. The summed E-state index contributed by atoms with van der Waals surface area (Å²) in [5.41, 5.74) is 11.0. The van der Waals surface area contributed by atoms with E-state index in [1.54, 1.807) is 6.08 Å². The third-order valence-electron chi connectivity index (χ3n) is 6.88. The second-order valence-electron chi connectivity index (χ2n) is 9.68. The van der Waals surface area contributed by atoms with Gasteiger partial charge in [0.1, 0.15) is 10.5 Å². The van der Waals surface area contributed by atoms with Gasteiger partial charge in [-0.3, -0.25) is 14.2 Å². The van der Waals surface area contributed by atoms with Crippen molar-refractivity contribution in [1.82, 2.24) is 9.88 Å². The Labute approximate surface area is 235 Å². The lowest BCUT2D eigenvalue weighted by atomic mass is 9.82. The summed E-state index contributed by atoms with van der Waals surface area (Å²) in [6, 6.07) is 24.8. The van der Waals surface area contributed by atoms with Crippen molar-refractivity contribution in [2.45, 2.75) is 26.3 Å². The lowest BCUT2D eigenvalue weighted by Crippen LogP contribution is -2.43. The van der Waals surface area contributed by atoms with Crippen LogP contribution in [0.5, 0.6) is 0 Å². The maximum atomic E-state index is 14.0. The minimum atomic E-state index is -0.839. The summed E-state index contributed by atoms with van der Waals surface area (Å²) in [6.07, 6.45) is 1.77. The maximum absolute atomic E-state index is 14.0. The molecule has 8 heteroatoms. The first-order valence-electron chi connectivity index (χ1n) is 12.8. The number of benzene rings is 3. The number of fused-ring (bicyclic) bond motifs is 1. The number of nitrogens with two attached hydrogens (primary N) is 1. The Balaban J connectivity index is 1.78. The molecule has 0 saturated heterocycles. The number of aryl methyl sites for hydroxylation is 2. The Kier molecular flexibility index (Phi) is 7.53. The van der Waals surface area contributed by atoms with Gasteiger partial charge in [0.05, 0.1) is 28.7 Å². The second kappa shape index (κ2) is 11.2. The number of esters is 1. The molecule has 2 heterocycles. The van der Waals surface area contributed by atoms with Gasteiger partial charge in [-0.15, -0.1) is 11.3 Å². The fraction of sp³-hybridized carbons (Fsp3) is 0.156. The molecule has 1 atom stereocenters. The molecule has 4 aromatic rings. The van der Waals surface area contributed by atoms with E-state index in [-0.39, 0.29) is 23.5 Å². The van der Waals surface area contributed by atoms with E-state index in [1.807, 2.05) is 92.7 Å². The molecule has 1 aromatic heterocycles. The van der Waals surface area contributed by atoms with Crippen molar-refractivity contribution in [2.75, 3.05) is 7.11 Å². The van der Waals surface area contributed by atoms with Gasteiger partial charge >= 0.3 is 5.97 Å². The van der Waals surface area contributed by atoms with Crippen LogP contribution in [0, 0.1) is 13.8 Å². The normalized spacial score (nSPS) is 15.1. The first-order valence-corrected chi connectivity index (χ1v) is 13.6. The molecule has 3 N–H and O–H groups in total. The summed E-state index contributed by atoms with van der Waals surface area (Å²) >= 11 is 1.18. The molecule has 1 aliphatic heterocycles. The van der Waals surface area contributed by atoms with E-state index < -0.39 is 23.4 Å². The van der Waals surface area contributed by atoms with E-state index in [2.05, 4.69) is 5.32 Å². The fourth-order valence-corrected chi connectivity index (χ4v) is 5.93. The molecular formula is C32H29N3O4S. The second-order valence-corrected chi connectivity index (χ2v) is 10.7. The molecule has 0 radical (unpaired) electrons. The molecule has 5 rings (SSSR count). The predicted molar refractivity (Wildman–Crippen MR) is 158 cm³/mol. The van der Waals surface area contributed by atoms with Gasteiger partial charge in [-0.1, -0.05) is 90.0 Å². The predicted octanol–water partition coefficient (Wildman–Crippen LogP) is 2.92. The minimum absolute atomic E-state index is 0.0446. The van der Waals surface area contributed by atoms with Crippen LogP contribution in [0.1, 0.15) is 33.7 Å². The van der Waals surface area contributed by atoms with Crippen LogP contribution in [0.15, 0.2) is 89.2 Å². The summed E-state index contributed by atoms with van der Waals surface area (Å²) in [7, 11) is 1.26. The van der Waals surface area contributed by atoms with E-state index in [0.29, 0.717) is 14.8 Å². The van der Waals surface area contributed by atoms with Crippen molar-refractivity contribution in [1.29, 1.82) is 0 Å². The number of aromatic nitrogens is 1. The summed E-state index contributed by atoms with van der Waals surface area (Å²) in [6.45, 7) is 4.22. The van der Waals surface area contributed by atoms with Gasteiger partial charge in [-0.2, -0.15) is 0 Å². The molecule has 1 unspecified atom stereocenters. The summed E-state index contributed by atoms with van der Waals surface area (Å²) in [5, 5.41) is 2.99. The van der Waals surface area contributed by atoms with Crippen LogP contribution in [0.4, 0.5) is 0 Å². The van der Waals surface area contributed by atoms with Gasteiger partial charge in [-0.25, -0.2) is 4.79 Å². The van der Waals surface area contributed by atoms with E-state index in [1.165, 1.54) is 23.0 Å². The molecular weight excluding hydrogens is 522 g/mol. The van der Waals surface area contributed by atoms with Gasteiger partial charge in [-0.05, 0) is 36.6 Å². The average Bonchev–Trinajstić information content (AvgIpc) is 3.29. The van der Waals surface area contributed by atoms with E-state index >= 15 is 0 Å². The molecule has 0 aliphatic carbocycles. The van der Waals surface area contributed by atoms with Gasteiger partial charge in [0, 0.05) is 6.54 Å². The van der Waals surface area contributed by atoms with Crippen molar-refractivity contribution in [3.8, 4) is 0 Å². The SMILES string of the molecule is COC(=O)C1=C(N)n2c(s/c(=C/c3ccc(C)cc3)c2=O)=C(C(=O)NCc2ccccc2)C1c1ccc(C)cc1.